The molecular weight excluding hydrogens is 824 g/mol. The molecule has 5 heterocycles. The van der Waals surface area contributed by atoms with Gasteiger partial charge in [-0.3, -0.25) is 34.2 Å². The highest BCUT2D eigenvalue weighted by atomic mass is 32.1. The Kier molecular flexibility index (Phi) is 10.7. The Balaban J connectivity index is 0.723. The molecule has 5 amide bonds. The molecule has 17 heteroatoms. The molecule has 9 rings (SSSR count). The van der Waals surface area contributed by atoms with Gasteiger partial charge < -0.3 is 20.6 Å². The van der Waals surface area contributed by atoms with E-state index in [1.165, 1.54) is 18.9 Å². The lowest BCUT2D eigenvalue weighted by atomic mass is 9.57. The van der Waals surface area contributed by atoms with E-state index in [4.69, 9.17) is 4.98 Å². The van der Waals surface area contributed by atoms with Crippen molar-refractivity contribution in [3.63, 3.8) is 0 Å². The quantitative estimate of drug-likeness (QED) is 0.114. The van der Waals surface area contributed by atoms with Gasteiger partial charge in [-0.25, -0.2) is 9.97 Å². The average molecular weight is 872 g/mol. The van der Waals surface area contributed by atoms with E-state index in [9.17, 15) is 42.3 Å². The maximum absolute atomic E-state index is 13.3. The van der Waals surface area contributed by atoms with E-state index >= 15 is 0 Å². The fourth-order valence-electron chi connectivity index (χ4n) is 10.3. The van der Waals surface area contributed by atoms with Crippen molar-refractivity contribution in [2.45, 2.75) is 95.4 Å². The highest BCUT2D eigenvalue weighted by Gasteiger charge is 2.52. The molecule has 13 nitrogen and oxygen atoms in total. The summed E-state index contributed by atoms with van der Waals surface area (Å²) >= 11 is 1.55. The number of nitrogens with one attached hydrogen (secondary N) is 3. The topological polar surface area (TPSA) is 174 Å². The van der Waals surface area contributed by atoms with Crippen molar-refractivity contribution in [1.29, 1.82) is 0 Å². The van der Waals surface area contributed by atoms with Crippen LogP contribution < -0.4 is 16.0 Å². The smallest absolute Gasteiger partial charge is 0.386 e. The van der Waals surface area contributed by atoms with Crippen molar-refractivity contribution in [1.82, 2.24) is 25.1 Å². The van der Waals surface area contributed by atoms with Crippen LogP contribution >= 0.6 is 11.3 Å². The zero-order valence-corrected chi connectivity index (χ0v) is 35.3. The van der Waals surface area contributed by atoms with Crippen LogP contribution in [0, 0.1) is 17.3 Å². The third-order valence-electron chi connectivity index (χ3n) is 13.3. The molecule has 1 spiro atoms. The number of fused-ring (bicyclic) bond motifs is 2. The number of likely N-dealkylation sites (tertiary alicyclic amines) is 1. The molecule has 1 atom stereocenters. The van der Waals surface area contributed by atoms with E-state index in [-0.39, 0.29) is 29.7 Å². The van der Waals surface area contributed by atoms with Crippen molar-refractivity contribution in [2.24, 2.45) is 17.3 Å². The number of aromatic nitrogens is 2. The predicted molar refractivity (Wildman–Crippen MR) is 225 cm³/mol. The normalized spacial score (nSPS) is 23.0. The second kappa shape index (κ2) is 15.8. The molecule has 4 N–H and O–H groups in total. The minimum atomic E-state index is -4.69. The largest absolute Gasteiger partial charge is 0.433 e. The van der Waals surface area contributed by atoms with Gasteiger partial charge in [-0.1, -0.05) is 6.07 Å². The molecule has 2 aliphatic carbocycles. The molecule has 326 valence electrons. The van der Waals surface area contributed by atoms with Crippen molar-refractivity contribution < 1.29 is 42.3 Å². The van der Waals surface area contributed by atoms with Gasteiger partial charge in [0.1, 0.15) is 17.4 Å². The molecule has 0 radical (unpaired) electrons. The lowest BCUT2D eigenvalue weighted by Crippen LogP contribution is -2.63. The number of carbonyl (C=O) groups excluding carboxylic acids is 5. The zero-order chi connectivity index (χ0) is 43.7. The molecule has 2 aromatic carbocycles. The van der Waals surface area contributed by atoms with E-state index in [0.717, 1.165) is 90.7 Å². The van der Waals surface area contributed by atoms with Gasteiger partial charge in [0.15, 0.2) is 0 Å². The molecule has 4 aromatic rings. The number of amides is 5. The van der Waals surface area contributed by atoms with Gasteiger partial charge in [-0.15, -0.1) is 11.3 Å². The number of hydrogen-bond acceptors (Lipinski definition) is 11. The van der Waals surface area contributed by atoms with Crippen LogP contribution in [0.5, 0.6) is 0 Å². The zero-order valence-electron chi connectivity index (χ0n) is 34.4. The van der Waals surface area contributed by atoms with Crippen LogP contribution in [0.4, 0.5) is 24.5 Å². The first-order valence-electron chi connectivity index (χ1n) is 21.3. The third-order valence-corrected chi connectivity index (χ3v) is 14.5. The number of alkyl halides is 3. The van der Waals surface area contributed by atoms with Crippen LogP contribution in [0.15, 0.2) is 48.5 Å². The molecule has 62 heavy (non-hydrogen) atoms. The molecule has 3 aliphatic heterocycles. The van der Waals surface area contributed by atoms with Gasteiger partial charge >= 0.3 is 6.18 Å². The number of halogens is 3. The summed E-state index contributed by atoms with van der Waals surface area (Å²) in [6.07, 6.45) is 3.19. The Bertz CT molecular complexity index is 2480. The molecule has 2 saturated carbocycles. The second-order valence-corrected chi connectivity index (χ2v) is 19.5. The van der Waals surface area contributed by atoms with Crippen molar-refractivity contribution >= 4 is 62.5 Å². The Morgan fingerprint density at radius 2 is 1.68 bits per heavy atom. The summed E-state index contributed by atoms with van der Waals surface area (Å²) in [5, 5.41) is 20.3. The van der Waals surface area contributed by atoms with Crippen molar-refractivity contribution in [2.75, 3.05) is 36.8 Å². The molecule has 0 bridgehead atoms. The first-order chi connectivity index (χ1) is 29.4. The van der Waals surface area contributed by atoms with Gasteiger partial charge in [0.05, 0.1) is 32.0 Å². The predicted octanol–water partition coefficient (Wildman–Crippen LogP) is 7.08. The lowest BCUT2D eigenvalue weighted by molar-refractivity contribution is -0.141. The summed E-state index contributed by atoms with van der Waals surface area (Å²) < 4.78 is 40.6. The fourth-order valence-corrected chi connectivity index (χ4v) is 11.5. The van der Waals surface area contributed by atoms with Crippen LogP contribution in [0.1, 0.15) is 125 Å². The van der Waals surface area contributed by atoms with Crippen LogP contribution in [0.2, 0.25) is 0 Å². The van der Waals surface area contributed by atoms with Crippen LogP contribution in [0.25, 0.3) is 10.2 Å². The van der Waals surface area contributed by atoms with E-state index < -0.39 is 53.0 Å². The summed E-state index contributed by atoms with van der Waals surface area (Å²) in [6, 6.07) is 10.8. The number of rotatable bonds is 11. The maximum Gasteiger partial charge on any atom is 0.433 e. The van der Waals surface area contributed by atoms with Crippen LogP contribution in [-0.4, -0.2) is 86.6 Å². The van der Waals surface area contributed by atoms with Gasteiger partial charge in [-0.05, 0) is 125 Å². The number of piperidine rings is 1. The monoisotopic (exact) mass is 871 g/mol. The number of carbonyl (C=O) groups is 5. The number of thiazole rings is 1. The van der Waals surface area contributed by atoms with Gasteiger partial charge in [0, 0.05) is 55.5 Å². The van der Waals surface area contributed by atoms with E-state index in [2.05, 4.69) is 25.8 Å². The van der Waals surface area contributed by atoms with Gasteiger partial charge in [0.25, 0.3) is 17.7 Å². The molecule has 4 fully saturated rings. The average Bonchev–Trinajstić information content (AvgIpc) is 3.72. The second-order valence-electron chi connectivity index (χ2n) is 18.4. The molecule has 2 saturated heterocycles. The van der Waals surface area contributed by atoms with Crippen molar-refractivity contribution in [3.8, 4) is 0 Å². The lowest BCUT2D eigenvalue weighted by Gasteiger charge is -2.60. The molecule has 2 aromatic heterocycles. The fraction of sp³-hybridized carbons (Fsp3) is 0.489. The highest BCUT2D eigenvalue weighted by molar-refractivity contribution is 7.18. The summed E-state index contributed by atoms with van der Waals surface area (Å²) in [6.45, 7) is 7.27. The maximum atomic E-state index is 13.3. The summed E-state index contributed by atoms with van der Waals surface area (Å²) in [5.41, 5.74) is 0.215. The number of nitrogens with zero attached hydrogens (tertiary/aromatic N) is 4. The van der Waals surface area contributed by atoms with Gasteiger partial charge in [0.2, 0.25) is 11.8 Å². The highest BCUT2D eigenvalue weighted by Crippen LogP contribution is 2.53. The first kappa shape index (κ1) is 42.1. The summed E-state index contributed by atoms with van der Waals surface area (Å²) in [5.74, 6) is -1.29. The van der Waals surface area contributed by atoms with Crippen LogP contribution in [-0.2, 0) is 21.4 Å². The van der Waals surface area contributed by atoms with E-state index in [1.807, 2.05) is 0 Å². The van der Waals surface area contributed by atoms with E-state index in [0.29, 0.717) is 39.9 Å². The number of anilines is 2. The standard InChI is InChI=1S/C45H48F3N7O6S/c1-43(2,61)30-17-33-35(18-32(30)51-38(57)31-4-3-5-36(50-31)45(46,47)48)62-40(52-33)26-8-6-24(7-9-26)21-54-22-44(23-54)19-25(20-44)14-15-49-27-10-11-28-29(16-27)42(60)55(41(28)59)34-12-13-37(56)53-39(34)58/h3-5,10-11,16-18,24-26,34,49,61H,6-9,12-15,19-23H2,1-2H3,(H,51,57)(H,53,56,58)/t24-,26-,34?. The van der Waals surface area contributed by atoms with Gasteiger partial charge in [-0.2, -0.15) is 13.2 Å². The number of aliphatic hydroxyl groups is 1. The minimum Gasteiger partial charge on any atom is -0.386 e. The summed E-state index contributed by atoms with van der Waals surface area (Å²) in [7, 11) is 0. The number of hydrogen-bond donors (Lipinski definition) is 4. The number of benzene rings is 2. The Morgan fingerprint density at radius 1 is 0.935 bits per heavy atom. The minimum absolute atomic E-state index is 0.0805. The summed E-state index contributed by atoms with van der Waals surface area (Å²) in [4.78, 5) is 75.3. The Morgan fingerprint density at radius 3 is 2.39 bits per heavy atom. The van der Waals surface area contributed by atoms with Crippen LogP contribution in [0.3, 0.4) is 0 Å². The number of imide groups is 2. The third kappa shape index (κ3) is 8.21. The van der Waals surface area contributed by atoms with Crippen molar-refractivity contribution in [3.05, 3.63) is 81.6 Å². The SMILES string of the molecule is CC(C)(O)c1cc2nc([C@H]3CC[C@H](CN4CC5(CC(CCNc6ccc7c(c6)C(=O)N(C6CCC(=O)NC6=O)C7=O)C5)C4)CC3)sc2cc1NC(=O)c1cccc(C(F)(F)F)n1. The first-order valence-corrected chi connectivity index (χ1v) is 22.1. The Hall–Kier alpha value is -5.26. The Labute approximate surface area is 359 Å². The molecular formula is C45H48F3N7O6S. The molecule has 1 unspecified atom stereocenters. The molecule has 5 aliphatic rings. The van der Waals surface area contributed by atoms with E-state index in [1.54, 1.807) is 55.5 Å². The number of pyridine rings is 1.